The maximum absolute atomic E-state index is 11.2. The molecule has 0 aliphatic heterocycles. The minimum absolute atomic E-state index is 0.113. The fourth-order valence-electron chi connectivity index (χ4n) is 2.27. The second-order valence-electron chi connectivity index (χ2n) is 4.96. The van der Waals surface area contributed by atoms with Gasteiger partial charge in [-0.15, -0.1) is 0 Å². The molecule has 22 heavy (non-hydrogen) atoms. The maximum Gasteiger partial charge on any atom is 0.308 e. The van der Waals surface area contributed by atoms with Gasteiger partial charge in [-0.3, -0.25) is 9.59 Å². The molecule has 0 aliphatic rings. The smallest absolute Gasteiger partial charge is 0.308 e. The fourth-order valence-corrected chi connectivity index (χ4v) is 2.27. The van der Waals surface area contributed by atoms with Gasteiger partial charge in [-0.05, 0) is 36.6 Å². The zero-order valence-electron chi connectivity index (χ0n) is 12.6. The van der Waals surface area contributed by atoms with Crippen LogP contribution in [-0.4, -0.2) is 23.7 Å². The SMILES string of the molecule is CC(=O)Oc1ccc(OC(C)=O)c2cc(CCCO)ccc12. The average molecular weight is 302 g/mol. The Balaban J connectivity index is 2.53. The van der Waals surface area contributed by atoms with Crippen molar-refractivity contribution in [3.8, 4) is 11.5 Å². The predicted molar refractivity (Wildman–Crippen MR) is 82.0 cm³/mol. The summed E-state index contributed by atoms with van der Waals surface area (Å²) in [4.78, 5) is 22.4. The molecular formula is C17H18O5. The first kappa shape index (κ1) is 16.0. The molecule has 2 aromatic carbocycles. The summed E-state index contributed by atoms with van der Waals surface area (Å²) < 4.78 is 10.4. The van der Waals surface area contributed by atoms with Crippen molar-refractivity contribution in [2.75, 3.05) is 6.61 Å². The van der Waals surface area contributed by atoms with Crippen molar-refractivity contribution in [3.63, 3.8) is 0 Å². The number of benzene rings is 2. The molecule has 0 saturated carbocycles. The van der Waals surface area contributed by atoms with Gasteiger partial charge in [0.05, 0.1) is 0 Å². The molecule has 0 aliphatic carbocycles. The molecule has 0 radical (unpaired) electrons. The summed E-state index contributed by atoms with van der Waals surface area (Å²) in [7, 11) is 0. The number of carbonyl (C=O) groups is 2. The van der Waals surface area contributed by atoms with E-state index >= 15 is 0 Å². The van der Waals surface area contributed by atoms with E-state index in [1.54, 1.807) is 12.1 Å². The van der Waals surface area contributed by atoms with Crippen LogP contribution in [0.2, 0.25) is 0 Å². The maximum atomic E-state index is 11.2. The molecule has 0 saturated heterocycles. The standard InChI is InChI=1S/C17H18O5/c1-11(19)21-16-7-8-17(22-12(2)20)15-10-13(4-3-9-18)5-6-14(15)16/h5-8,10,18H,3-4,9H2,1-2H3. The molecule has 0 fully saturated rings. The van der Waals surface area contributed by atoms with E-state index in [1.807, 2.05) is 18.2 Å². The van der Waals surface area contributed by atoms with E-state index in [0.29, 0.717) is 35.1 Å². The lowest BCUT2D eigenvalue weighted by atomic mass is 10.0. The van der Waals surface area contributed by atoms with Crippen LogP contribution < -0.4 is 9.47 Å². The van der Waals surface area contributed by atoms with Crippen molar-refractivity contribution in [2.24, 2.45) is 0 Å². The van der Waals surface area contributed by atoms with E-state index in [0.717, 1.165) is 5.56 Å². The highest BCUT2D eigenvalue weighted by Crippen LogP contribution is 2.34. The summed E-state index contributed by atoms with van der Waals surface area (Å²) in [5, 5.41) is 10.3. The van der Waals surface area contributed by atoms with Gasteiger partial charge in [-0.1, -0.05) is 12.1 Å². The molecule has 1 N–H and O–H groups in total. The van der Waals surface area contributed by atoms with E-state index in [2.05, 4.69) is 0 Å². The van der Waals surface area contributed by atoms with Crippen LogP contribution in [0.4, 0.5) is 0 Å². The van der Waals surface area contributed by atoms with E-state index in [4.69, 9.17) is 14.6 Å². The van der Waals surface area contributed by atoms with Crippen LogP contribution in [0.25, 0.3) is 10.8 Å². The molecule has 5 heteroatoms. The number of aliphatic hydroxyl groups is 1. The van der Waals surface area contributed by atoms with Gasteiger partial charge in [0.1, 0.15) is 11.5 Å². The van der Waals surface area contributed by atoms with Crippen molar-refractivity contribution >= 4 is 22.7 Å². The van der Waals surface area contributed by atoms with E-state index < -0.39 is 11.9 Å². The number of aliphatic hydroxyl groups excluding tert-OH is 1. The van der Waals surface area contributed by atoms with E-state index in [1.165, 1.54) is 13.8 Å². The molecule has 0 aromatic heterocycles. The van der Waals surface area contributed by atoms with Gasteiger partial charge in [-0.25, -0.2) is 0 Å². The third-order valence-corrected chi connectivity index (χ3v) is 3.13. The van der Waals surface area contributed by atoms with Gasteiger partial charge in [0.15, 0.2) is 0 Å². The lowest BCUT2D eigenvalue weighted by Gasteiger charge is -2.12. The molecule has 5 nitrogen and oxygen atoms in total. The number of carbonyl (C=O) groups excluding carboxylic acids is 2. The third-order valence-electron chi connectivity index (χ3n) is 3.13. The second kappa shape index (κ2) is 7.04. The number of esters is 2. The highest BCUT2D eigenvalue weighted by Gasteiger charge is 2.12. The number of ether oxygens (including phenoxy) is 2. The Morgan fingerprint density at radius 2 is 1.55 bits per heavy atom. The molecule has 2 rings (SSSR count). The zero-order chi connectivity index (χ0) is 16.1. The van der Waals surface area contributed by atoms with Crippen molar-refractivity contribution in [1.82, 2.24) is 0 Å². The van der Waals surface area contributed by atoms with Crippen LogP contribution in [0, 0.1) is 0 Å². The van der Waals surface area contributed by atoms with E-state index in [9.17, 15) is 9.59 Å². The van der Waals surface area contributed by atoms with Gasteiger partial charge in [0.25, 0.3) is 0 Å². The first-order valence-electron chi connectivity index (χ1n) is 7.04. The zero-order valence-corrected chi connectivity index (χ0v) is 12.6. The van der Waals surface area contributed by atoms with Gasteiger partial charge in [0, 0.05) is 31.2 Å². The van der Waals surface area contributed by atoms with Gasteiger partial charge >= 0.3 is 11.9 Å². The van der Waals surface area contributed by atoms with Crippen LogP contribution in [0.1, 0.15) is 25.8 Å². The Labute approximate surface area is 128 Å². The lowest BCUT2D eigenvalue weighted by molar-refractivity contribution is -0.132. The summed E-state index contributed by atoms with van der Waals surface area (Å²) in [5.41, 5.74) is 1.01. The minimum Gasteiger partial charge on any atom is -0.426 e. The second-order valence-corrected chi connectivity index (χ2v) is 4.96. The normalized spacial score (nSPS) is 10.5. The number of aryl methyl sites for hydroxylation is 1. The number of rotatable bonds is 5. The molecule has 116 valence electrons. The van der Waals surface area contributed by atoms with Crippen LogP contribution >= 0.6 is 0 Å². The topological polar surface area (TPSA) is 72.8 Å². The lowest BCUT2D eigenvalue weighted by Crippen LogP contribution is -2.05. The van der Waals surface area contributed by atoms with Crippen LogP contribution in [0.15, 0.2) is 30.3 Å². The highest BCUT2D eigenvalue weighted by molar-refractivity contribution is 5.96. The number of hydrogen-bond acceptors (Lipinski definition) is 5. The Kier molecular flexibility index (Phi) is 5.12. The van der Waals surface area contributed by atoms with Gasteiger partial charge in [0.2, 0.25) is 0 Å². The summed E-state index contributed by atoms with van der Waals surface area (Å²) in [6.07, 6.45) is 1.36. The molecule has 0 spiro atoms. The van der Waals surface area contributed by atoms with Crippen LogP contribution in [-0.2, 0) is 16.0 Å². The summed E-state index contributed by atoms with van der Waals surface area (Å²) >= 11 is 0. The Bertz CT molecular complexity index is 706. The summed E-state index contributed by atoms with van der Waals surface area (Å²) in [6.45, 7) is 2.78. The summed E-state index contributed by atoms with van der Waals surface area (Å²) in [5.74, 6) is 0.0181. The molecule has 0 amide bonds. The Morgan fingerprint density at radius 1 is 0.955 bits per heavy atom. The number of fused-ring (bicyclic) bond motifs is 1. The fraction of sp³-hybridized carbons (Fsp3) is 0.294. The average Bonchev–Trinajstić information content (AvgIpc) is 2.46. The minimum atomic E-state index is -0.415. The van der Waals surface area contributed by atoms with E-state index in [-0.39, 0.29) is 6.61 Å². The molecule has 0 heterocycles. The van der Waals surface area contributed by atoms with Gasteiger partial charge < -0.3 is 14.6 Å². The third kappa shape index (κ3) is 3.83. The first-order chi connectivity index (χ1) is 10.5. The molecule has 0 unspecified atom stereocenters. The molecule has 0 bridgehead atoms. The van der Waals surface area contributed by atoms with Crippen molar-refractivity contribution < 1.29 is 24.2 Å². The van der Waals surface area contributed by atoms with Crippen molar-refractivity contribution in [3.05, 3.63) is 35.9 Å². The predicted octanol–water partition coefficient (Wildman–Crippen LogP) is 2.62. The first-order valence-corrected chi connectivity index (χ1v) is 7.04. The Morgan fingerprint density at radius 3 is 2.09 bits per heavy atom. The number of hydrogen-bond donors (Lipinski definition) is 1. The van der Waals surface area contributed by atoms with Crippen molar-refractivity contribution in [1.29, 1.82) is 0 Å². The van der Waals surface area contributed by atoms with Crippen LogP contribution in [0.5, 0.6) is 11.5 Å². The monoisotopic (exact) mass is 302 g/mol. The largest absolute Gasteiger partial charge is 0.426 e. The summed E-state index contributed by atoms with van der Waals surface area (Å²) in [6, 6.07) is 8.83. The van der Waals surface area contributed by atoms with Crippen molar-refractivity contribution in [2.45, 2.75) is 26.7 Å². The quantitative estimate of drug-likeness (QED) is 0.679. The Hall–Kier alpha value is -2.40. The van der Waals surface area contributed by atoms with Crippen LogP contribution in [0.3, 0.4) is 0 Å². The molecule has 2 aromatic rings. The molecular weight excluding hydrogens is 284 g/mol. The van der Waals surface area contributed by atoms with Gasteiger partial charge in [-0.2, -0.15) is 0 Å². The molecule has 0 atom stereocenters. The highest BCUT2D eigenvalue weighted by atomic mass is 16.5.